The zero-order valence-electron chi connectivity index (χ0n) is 17.8. The van der Waals surface area contributed by atoms with Crippen molar-refractivity contribution in [2.75, 3.05) is 62.8 Å². The van der Waals surface area contributed by atoms with E-state index in [2.05, 4.69) is 24.9 Å². The van der Waals surface area contributed by atoms with Crippen LogP contribution < -0.4 is 24.4 Å². The first-order valence-electron chi connectivity index (χ1n) is 10.3. The summed E-state index contributed by atoms with van der Waals surface area (Å²) >= 11 is 0. The monoisotopic (exact) mass is 451 g/mol. The average molecular weight is 452 g/mol. The quantitative estimate of drug-likeness (QED) is 0.490. The molecular formula is C20H29N5O5S. The molecule has 2 N–H and O–H groups in total. The van der Waals surface area contributed by atoms with Crippen LogP contribution in [0.2, 0.25) is 0 Å². The van der Waals surface area contributed by atoms with Gasteiger partial charge in [-0.1, -0.05) is 0 Å². The molecule has 1 fully saturated rings. The van der Waals surface area contributed by atoms with Crippen LogP contribution in [0.4, 0.5) is 11.6 Å². The molecule has 1 aromatic carbocycles. The molecule has 0 radical (unpaired) electrons. The van der Waals surface area contributed by atoms with E-state index in [9.17, 15) is 8.42 Å². The lowest BCUT2D eigenvalue weighted by Crippen LogP contribution is -2.36. The number of hydrogen-bond donors (Lipinski definition) is 2. The van der Waals surface area contributed by atoms with Gasteiger partial charge in [0.05, 0.1) is 26.4 Å². The van der Waals surface area contributed by atoms with Gasteiger partial charge >= 0.3 is 0 Å². The maximum Gasteiger partial charge on any atom is 0.244 e. The van der Waals surface area contributed by atoms with Gasteiger partial charge in [0.2, 0.25) is 10.0 Å². The van der Waals surface area contributed by atoms with Crippen LogP contribution in [0.5, 0.6) is 11.5 Å². The summed E-state index contributed by atoms with van der Waals surface area (Å²) in [5, 5.41) is 3.13. The lowest BCUT2D eigenvalue weighted by Gasteiger charge is -2.27. The molecule has 31 heavy (non-hydrogen) atoms. The molecule has 0 bridgehead atoms. The number of hydrogen-bond acceptors (Lipinski definition) is 9. The van der Waals surface area contributed by atoms with E-state index in [1.165, 1.54) is 12.4 Å². The molecule has 0 atom stereocenters. The Bertz CT molecular complexity index is 951. The van der Waals surface area contributed by atoms with Crippen LogP contribution in [0.15, 0.2) is 35.5 Å². The van der Waals surface area contributed by atoms with E-state index in [0.29, 0.717) is 44.5 Å². The maximum absolute atomic E-state index is 12.8. The van der Waals surface area contributed by atoms with Crippen LogP contribution in [0.3, 0.4) is 0 Å². The van der Waals surface area contributed by atoms with E-state index in [-0.39, 0.29) is 17.2 Å². The minimum absolute atomic E-state index is 0.0527. The van der Waals surface area contributed by atoms with Gasteiger partial charge in [-0.3, -0.25) is 0 Å². The lowest BCUT2D eigenvalue weighted by atomic mass is 10.3. The molecule has 10 nitrogen and oxygen atoms in total. The van der Waals surface area contributed by atoms with Gasteiger partial charge in [0, 0.05) is 38.3 Å². The van der Waals surface area contributed by atoms with Gasteiger partial charge in [-0.25, -0.2) is 23.1 Å². The third kappa shape index (κ3) is 6.42. The Labute approximate surface area is 183 Å². The number of aromatic nitrogens is 2. The summed E-state index contributed by atoms with van der Waals surface area (Å²) in [4.78, 5) is 10.7. The summed E-state index contributed by atoms with van der Waals surface area (Å²) in [5.74, 6) is 2.21. The third-order valence-corrected chi connectivity index (χ3v) is 6.01. The third-order valence-electron chi connectivity index (χ3n) is 4.53. The van der Waals surface area contributed by atoms with E-state index in [0.717, 1.165) is 18.9 Å². The van der Waals surface area contributed by atoms with Gasteiger partial charge < -0.3 is 24.4 Å². The minimum atomic E-state index is -3.78. The zero-order chi connectivity index (χ0) is 22.1. The molecule has 0 unspecified atom stereocenters. The first kappa shape index (κ1) is 23.0. The van der Waals surface area contributed by atoms with Gasteiger partial charge in [0.1, 0.15) is 34.4 Å². The predicted octanol–water partition coefficient (Wildman–Crippen LogP) is 1.50. The van der Waals surface area contributed by atoms with Gasteiger partial charge in [-0.05, 0) is 26.0 Å². The summed E-state index contributed by atoms with van der Waals surface area (Å²) in [6.45, 7) is 7.86. The fourth-order valence-corrected chi connectivity index (χ4v) is 4.28. The normalized spacial score (nSPS) is 14.3. The zero-order valence-corrected chi connectivity index (χ0v) is 18.7. The number of nitrogens with one attached hydrogen (secondary N) is 2. The molecule has 3 rings (SSSR count). The second-order valence-corrected chi connectivity index (χ2v) is 8.40. The Hall–Kier alpha value is -2.63. The second kappa shape index (κ2) is 11.1. The van der Waals surface area contributed by atoms with Crippen molar-refractivity contribution < 1.29 is 22.6 Å². The molecule has 0 aliphatic carbocycles. The summed E-state index contributed by atoms with van der Waals surface area (Å²) in [7, 11) is -3.78. The minimum Gasteiger partial charge on any atom is -0.494 e. The molecule has 2 aromatic rings. The van der Waals surface area contributed by atoms with Crippen LogP contribution in [-0.4, -0.2) is 71.0 Å². The van der Waals surface area contributed by atoms with Crippen LogP contribution in [0.1, 0.15) is 13.8 Å². The van der Waals surface area contributed by atoms with E-state index in [1.807, 2.05) is 13.0 Å². The largest absolute Gasteiger partial charge is 0.494 e. The number of rotatable bonds is 11. The van der Waals surface area contributed by atoms with Crippen molar-refractivity contribution in [3.8, 4) is 11.5 Å². The molecule has 0 saturated carbocycles. The van der Waals surface area contributed by atoms with Gasteiger partial charge in [0.15, 0.2) is 0 Å². The van der Waals surface area contributed by atoms with E-state index >= 15 is 0 Å². The van der Waals surface area contributed by atoms with Crippen molar-refractivity contribution in [1.29, 1.82) is 0 Å². The number of nitrogens with zero attached hydrogens (tertiary/aromatic N) is 3. The van der Waals surface area contributed by atoms with Crippen LogP contribution in [-0.2, 0) is 14.8 Å². The van der Waals surface area contributed by atoms with Crippen molar-refractivity contribution in [2.45, 2.75) is 18.7 Å². The standard InChI is InChI=1S/C20H29N5O5S/c1-3-29-16-5-6-17(30-4-2)18(13-16)31(26,27)24-8-7-21-19-14-20(23-15-22-19)25-9-11-28-12-10-25/h5-6,13-15,24H,3-4,7-12H2,1-2H3,(H,21,22,23). The fraction of sp³-hybridized carbons (Fsp3) is 0.500. The second-order valence-electron chi connectivity index (χ2n) is 6.66. The molecule has 170 valence electrons. The molecule has 1 aliphatic rings. The number of benzene rings is 1. The summed E-state index contributed by atoms with van der Waals surface area (Å²) in [5.41, 5.74) is 0. The van der Waals surface area contributed by atoms with Crippen molar-refractivity contribution in [3.63, 3.8) is 0 Å². The smallest absolute Gasteiger partial charge is 0.244 e. The maximum atomic E-state index is 12.8. The summed E-state index contributed by atoms with van der Waals surface area (Å²) < 4.78 is 44.5. The van der Waals surface area contributed by atoms with Crippen molar-refractivity contribution in [2.24, 2.45) is 0 Å². The van der Waals surface area contributed by atoms with Crippen molar-refractivity contribution >= 4 is 21.7 Å². The highest BCUT2D eigenvalue weighted by atomic mass is 32.2. The Balaban J connectivity index is 1.59. The van der Waals surface area contributed by atoms with Crippen molar-refractivity contribution in [3.05, 3.63) is 30.6 Å². The molecule has 0 amide bonds. The predicted molar refractivity (Wildman–Crippen MR) is 118 cm³/mol. The summed E-state index contributed by atoms with van der Waals surface area (Å²) in [6, 6.07) is 6.62. The topological polar surface area (TPSA) is 115 Å². The SMILES string of the molecule is CCOc1ccc(OCC)c(S(=O)(=O)NCCNc2cc(N3CCOCC3)ncn2)c1. The number of morpholine rings is 1. The molecule has 1 saturated heterocycles. The first-order valence-corrected chi connectivity index (χ1v) is 11.8. The Kier molecular flexibility index (Phi) is 8.27. The van der Waals surface area contributed by atoms with Gasteiger partial charge in [0.25, 0.3) is 0 Å². The Morgan fingerprint density at radius 3 is 2.58 bits per heavy atom. The van der Waals surface area contributed by atoms with Crippen LogP contribution >= 0.6 is 0 Å². The number of anilines is 2. The molecule has 2 heterocycles. The molecular weight excluding hydrogens is 422 g/mol. The lowest BCUT2D eigenvalue weighted by molar-refractivity contribution is 0.122. The highest BCUT2D eigenvalue weighted by Gasteiger charge is 2.20. The molecule has 1 aliphatic heterocycles. The van der Waals surface area contributed by atoms with Gasteiger partial charge in [-0.15, -0.1) is 0 Å². The molecule has 1 aromatic heterocycles. The first-order chi connectivity index (χ1) is 15.0. The summed E-state index contributed by atoms with van der Waals surface area (Å²) in [6.07, 6.45) is 1.49. The van der Waals surface area contributed by atoms with E-state index in [4.69, 9.17) is 14.2 Å². The van der Waals surface area contributed by atoms with E-state index in [1.54, 1.807) is 19.1 Å². The highest BCUT2D eigenvalue weighted by molar-refractivity contribution is 7.89. The van der Waals surface area contributed by atoms with Crippen molar-refractivity contribution in [1.82, 2.24) is 14.7 Å². The van der Waals surface area contributed by atoms with E-state index < -0.39 is 10.0 Å². The highest BCUT2D eigenvalue weighted by Crippen LogP contribution is 2.28. The fourth-order valence-electron chi connectivity index (χ4n) is 3.09. The average Bonchev–Trinajstić information content (AvgIpc) is 2.79. The van der Waals surface area contributed by atoms with Gasteiger partial charge in [-0.2, -0.15) is 0 Å². The molecule has 11 heteroatoms. The van der Waals surface area contributed by atoms with Crippen LogP contribution in [0.25, 0.3) is 0 Å². The number of ether oxygens (including phenoxy) is 3. The van der Waals surface area contributed by atoms with Crippen LogP contribution in [0, 0.1) is 0 Å². The Morgan fingerprint density at radius 2 is 1.84 bits per heavy atom. The molecule has 0 spiro atoms. The number of sulfonamides is 1. The Morgan fingerprint density at radius 1 is 1.06 bits per heavy atom.